The molecule has 0 spiro atoms. The van der Waals surface area contributed by atoms with Crippen LogP contribution in [-0.2, 0) is 29.1 Å². The number of carboxylic acid groups (broad SMARTS) is 2. The Labute approximate surface area is 270 Å². The monoisotopic (exact) mass is 676 g/mol. The lowest BCUT2D eigenvalue weighted by Gasteiger charge is -2.29. The fourth-order valence-electron chi connectivity index (χ4n) is 4.65. The number of fused-ring (bicyclic) bond motifs is 2. The van der Waals surface area contributed by atoms with Crippen LogP contribution in [0.1, 0.15) is 38.2 Å². The number of carbonyl (C=O) groups excluding carboxylic acids is 1. The maximum Gasteiger partial charge on any atom is 0.490 e. The third kappa shape index (κ3) is 10.8. The molecule has 1 amide bonds. The number of benzene rings is 4. The molecule has 15 heteroatoms. The number of carbonyl (C=O) groups is 3. The maximum absolute atomic E-state index is 12.9. The summed E-state index contributed by atoms with van der Waals surface area (Å²) in [5.41, 5.74) is 12.9. The molecule has 0 atom stereocenters. The van der Waals surface area contributed by atoms with Gasteiger partial charge >= 0.3 is 24.3 Å². The molecule has 48 heavy (non-hydrogen) atoms. The number of carboxylic acids is 2. The summed E-state index contributed by atoms with van der Waals surface area (Å²) in [7, 11) is 0. The van der Waals surface area contributed by atoms with Crippen LogP contribution in [0, 0.1) is 12.3 Å². The van der Waals surface area contributed by atoms with E-state index in [1.54, 1.807) is 6.07 Å². The Kier molecular flexibility index (Phi) is 11.9. The largest absolute Gasteiger partial charge is 0.490 e. The average molecular weight is 677 g/mol. The van der Waals surface area contributed by atoms with Crippen LogP contribution in [0.5, 0.6) is 0 Å². The van der Waals surface area contributed by atoms with Crippen molar-refractivity contribution in [3.63, 3.8) is 0 Å². The Morgan fingerprint density at radius 3 is 1.92 bits per heavy atom. The number of amides is 1. The molecule has 0 saturated carbocycles. The number of nitrogens with one attached hydrogen (secondary N) is 2. The van der Waals surface area contributed by atoms with E-state index in [9.17, 15) is 31.1 Å². The first-order valence-electron chi connectivity index (χ1n) is 14.0. The van der Waals surface area contributed by atoms with Crippen LogP contribution in [0.2, 0.25) is 0 Å². The highest BCUT2D eigenvalue weighted by atomic mass is 19.4. The minimum absolute atomic E-state index is 0.0365. The van der Waals surface area contributed by atoms with Gasteiger partial charge in [-0.1, -0.05) is 54.1 Å². The van der Waals surface area contributed by atoms with E-state index < -0.39 is 24.3 Å². The van der Waals surface area contributed by atoms with E-state index in [4.69, 9.17) is 30.9 Å². The zero-order valence-electron chi connectivity index (χ0n) is 25.2. The molecule has 5 rings (SSSR count). The van der Waals surface area contributed by atoms with Gasteiger partial charge in [-0.3, -0.25) is 15.1 Å². The van der Waals surface area contributed by atoms with Crippen molar-refractivity contribution >= 4 is 40.1 Å². The summed E-state index contributed by atoms with van der Waals surface area (Å²) in [6.07, 6.45) is -9.20. The molecule has 254 valence electrons. The van der Waals surface area contributed by atoms with E-state index in [0.717, 1.165) is 42.5 Å². The number of nitrogens with two attached hydrogens (primary N) is 1. The van der Waals surface area contributed by atoms with E-state index >= 15 is 0 Å². The first-order chi connectivity index (χ1) is 22.3. The minimum Gasteiger partial charge on any atom is -0.475 e. The third-order valence-electron chi connectivity index (χ3n) is 6.94. The number of rotatable bonds is 5. The van der Waals surface area contributed by atoms with Gasteiger partial charge in [-0.2, -0.15) is 26.3 Å². The number of aryl methyl sites for hydroxylation is 1. The van der Waals surface area contributed by atoms with Crippen LogP contribution in [0.4, 0.5) is 32.0 Å². The van der Waals surface area contributed by atoms with Crippen molar-refractivity contribution < 1.29 is 50.9 Å². The smallest absolute Gasteiger partial charge is 0.475 e. The predicted octanol–water partition coefficient (Wildman–Crippen LogP) is 6.51. The Bertz CT molecular complexity index is 1800. The number of hydrogen-bond acceptors (Lipinski definition) is 5. The van der Waals surface area contributed by atoms with Gasteiger partial charge in [0.25, 0.3) is 5.91 Å². The second kappa shape index (κ2) is 15.4. The van der Waals surface area contributed by atoms with Crippen LogP contribution in [-0.4, -0.2) is 57.7 Å². The first-order valence-corrected chi connectivity index (χ1v) is 14.0. The summed E-state index contributed by atoms with van der Waals surface area (Å²) in [5.74, 6) is -5.61. The van der Waals surface area contributed by atoms with Gasteiger partial charge in [0.2, 0.25) is 0 Å². The number of anilines is 1. The molecule has 0 aliphatic carbocycles. The van der Waals surface area contributed by atoms with Gasteiger partial charge in [-0.05, 0) is 71.1 Å². The molecule has 6 N–H and O–H groups in total. The van der Waals surface area contributed by atoms with Crippen LogP contribution in [0.3, 0.4) is 0 Å². The Balaban J connectivity index is 0.000000376. The van der Waals surface area contributed by atoms with Gasteiger partial charge in [-0.25, -0.2) is 9.59 Å². The van der Waals surface area contributed by atoms with Crippen molar-refractivity contribution in [3.05, 3.63) is 112 Å². The van der Waals surface area contributed by atoms with E-state index in [-0.39, 0.29) is 11.7 Å². The Morgan fingerprint density at radius 2 is 1.38 bits per heavy atom. The van der Waals surface area contributed by atoms with Crippen molar-refractivity contribution in [2.75, 3.05) is 11.9 Å². The molecule has 0 aromatic heterocycles. The SMILES string of the molecule is Cc1cccc(CN2CCc3cc(NC(=O)c4ccc5cc(C(=N)N)ccc5c4)ccc3C2)c1.O=C(O)C(F)(F)F.O=C(O)C(F)(F)F. The van der Waals surface area contributed by atoms with Gasteiger partial charge in [0.15, 0.2) is 0 Å². The third-order valence-corrected chi connectivity index (χ3v) is 6.94. The van der Waals surface area contributed by atoms with Gasteiger partial charge in [0.05, 0.1) is 0 Å². The van der Waals surface area contributed by atoms with Gasteiger partial charge in [-0.15, -0.1) is 0 Å². The number of nitrogen functional groups attached to an aromatic ring is 1. The van der Waals surface area contributed by atoms with E-state index in [1.807, 2.05) is 36.4 Å². The standard InChI is InChI=1S/C29H28N4O.2C2HF3O2/c1-19-3-2-4-20(13-19)17-33-12-11-23-16-27(10-9-26(23)18-33)32-29(34)25-8-6-21-14-24(28(30)31)7-5-22(21)15-25;2*3-2(4,5)1(6)7/h2-10,13-16H,11-12,17-18H2,1H3,(H3,30,31)(H,32,34);2*(H,6,7). The average Bonchev–Trinajstić information content (AvgIpc) is 3.00. The molecular weight excluding hydrogens is 646 g/mol. The van der Waals surface area contributed by atoms with Gasteiger partial charge in [0.1, 0.15) is 5.84 Å². The number of aliphatic carboxylic acids is 2. The van der Waals surface area contributed by atoms with Crippen LogP contribution >= 0.6 is 0 Å². The number of halogens is 6. The van der Waals surface area contributed by atoms with Gasteiger partial charge < -0.3 is 21.3 Å². The minimum atomic E-state index is -5.08. The molecule has 1 heterocycles. The molecule has 0 unspecified atom stereocenters. The van der Waals surface area contributed by atoms with Crippen LogP contribution in [0.25, 0.3) is 10.8 Å². The lowest BCUT2D eigenvalue weighted by molar-refractivity contribution is -0.193. The number of alkyl halides is 6. The summed E-state index contributed by atoms with van der Waals surface area (Å²) >= 11 is 0. The van der Waals surface area contributed by atoms with Crippen LogP contribution < -0.4 is 11.1 Å². The summed E-state index contributed by atoms with van der Waals surface area (Å²) in [6.45, 7) is 5.01. The van der Waals surface area contributed by atoms with Crippen molar-refractivity contribution in [1.29, 1.82) is 5.41 Å². The second-order valence-electron chi connectivity index (χ2n) is 10.7. The van der Waals surface area contributed by atoms with Crippen molar-refractivity contribution in [2.24, 2.45) is 5.73 Å². The zero-order chi connectivity index (χ0) is 35.8. The van der Waals surface area contributed by atoms with Gasteiger partial charge in [0, 0.05) is 36.4 Å². The zero-order valence-corrected chi connectivity index (χ0v) is 25.2. The highest BCUT2D eigenvalue weighted by Crippen LogP contribution is 2.25. The molecule has 0 radical (unpaired) electrons. The normalized spacial score (nSPS) is 12.8. The maximum atomic E-state index is 12.9. The lowest BCUT2D eigenvalue weighted by Crippen LogP contribution is -2.30. The fourth-order valence-corrected chi connectivity index (χ4v) is 4.65. The molecule has 4 aromatic carbocycles. The number of nitrogens with zero attached hydrogens (tertiary/aromatic N) is 1. The molecule has 0 fully saturated rings. The molecule has 0 bridgehead atoms. The van der Waals surface area contributed by atoms with E-state index in [2.05, 4.69) is 53.5 Å². The van der Waals surface area contributed by atoms with E-state index in [1.165, 1.54) is 22.3 Å². The van der Waals surface area contributed by atoms with Crippen molar-refractivity contribution in [3.8, 4) is 0 Å². The summed E-state index contributed by atoms with van der Waals surface area (Å²) in [5, 5.41) is 26.8. The van der Waals surface area contributed by atoms with Crippen LogP contribution in [0.15, 0.2) is 78.9 Å². The molecule has 1 aliphatic heterocycles. The van der Waals surface area contributed by atoms with Crippen molar-refractivity contribution in [1.82, 2.24) is 4.90 Å². The topological polar surface area (TPSA) is 157 Å². The summed E-state index contributed by atoms with van der Waals surface area (Å²) < 4.78 is 63.5. The Hall–Kier alpha value is -5.44. The number of hydrogen-bond donors (Lipinski definition) is 5. The summed E-state index contributed by atoms with van der Waals surface area (Å²) in [6, 6.07) is 26.1. The highest BCUT2D eigenvalue weighted by Gasteiger charge is 2.38. The first kappa shape index (κ1) is 37.0. The van der Waals surface area contributed by atoms with Crippen molar-refractivity contribution in [2.45, 2.75) is 38.8 Å². The second-order valence-corrected chi connectivity index (χ2v) is 10.7. The molecule has 1 aliphatic rings. The lowest BCUT2D eigenvalue weighted by atomic mass is 9.98. The molecule has 4 aromatic rings. The Morgan fingerprint density at radius 1 is 0.812 bits per heavy atom. The van der Waals surface area contributed by atoms with E-state index in [0.29, 0.717) is 11.1 Å². The fraction of sp³-hybridized carbons (Fsp3) is 0.212. The molecular formula is C33H30F6N4O5. The highest BCUT2D eigenvalue weighted by molar-refractivity contribution is 6.07. The molecule has 0 saturated heterocycles. The predicted molar refractivity (Wildman–Crippen MR) is 166 cm³/mol. The number of amidine groups is 1. The quantitative estimate of drug-likeness (QED) is 0.0917. The molecule has 9 nitrogen and oxygen atoms in total. The summed E-state index contributed by atoms with van der Waals surface area (Å²) in [4.78, 5) is 33.2.